The van der Waals surface area contributed by atoms with E-state index >= 15 is 4.79 Å². The highest BCUT2D eigenvalue weighted by molar-refractivity contribution is 5.98. The third-order valence-electron chi connectivity index (χ3n) is 16.2. The molecule has 0 saturated carbocycles. The van der Waals surface area contributed by atoms with Gasteiger partial charge < -0.3 is 127 Å². The molecule has 5 aliphatic rings. The molecule has 5 aliphatic heterocycles. The summed E-state index contributed by atoms with van der Waals surface area (Å²) in [5.41, 5.74) is 7.09. The molecule has 88 heavy (non-hydrogen) atoms. The van der Waals surface area contributed by atoms with E-state index in [2.05, 4.69) is 31.6 Å². The van der Waals surface area contributed by atoms with Gasteiger partial charge in [0.15, 0.2) is 18.5 Å². The van der Waals surface area contributed by atoms with Gasteiger partial charge in [-0.2, -0.15) is 0 Å². The molecule has 4 saturated heterocycles. The van der Waals surface area contributed by atoms with E-state index in [4.69, 9.17) is 34.2 Å². The first-order valence-corrected chi connectivity index (χ1v) is 29.1. The van der Waals surface area contributed by atoms with Crippen LogP contribution < -0.4 is 37.1 Å². The molecular formula is C56H82N8O24. The first kappa shape index (κ1) is 69.2. The van der Waals surface area contributed by atoms with Crippen LogP contribution in [-0.4, -0.2) is 276 Å². The number of nitrogens with zero attached hydrogens (tertiary/aromatic N) is 2. The highest BCUT2D eigenvalue weighted by Gasteiger charge is 2.54. The van der Waals surface area contributed by atoms with Crippen molar-refractivity contribution in [3.05, 3.63) is 65.7 Å². The molecule has 7 rings (SSSR count). The summed E-state index contributed by atoms with van der Waals surface area (Å²) in [7, 11) is 0. The molecule has 490 valence electrons. The van der Waals surface area contributed by atoms with E-state index in [1.807, 2.05) is 13.8 Å². The average molecular weight is 1250 g/mol. The minimum absolute atomic E-state index is 0.0449. The molecule has 2 aromatic carbocycles. The van der Waals surface area contributed by atoms with Crippen molar-refractivity contribution in [1.82, 2.24) is 31.5 Å². The van der Waals surface area contributed by atoms with Crippen molar-refractivity contribution in [2.45, 2.75) is 187 Å². The van der Waals surface area contributed by atoms with Gasteiger partial charge in [-0.25, -0.2) is 0 Å². The van der Waals surface area contributed by atoms with Crippen LogP contribution in [0, 0.1) is 5.92 Å². The molecule has 5 amide bonds. The molecule has 0 aromatic heterocycles. The van der Waals surface area contributed by atoms with E-state index in [1.54, 1.807) is 37.3 Å². The lowest BCUT2D eigenvalue weighted by Crippen LogP contribution is -2.69. The minimum atomic E-state index is -2.20. The Kier molecular flexibility index (Phi) is 24.7. The van der Waals surface area contributed by atoms with Crippen LogP contribution in [0.2, 0.25) is 0 Å². The zero-order valence-corrected chi connectivity index (χ0v) is 48.5. The van der Waals surface area contributed by atoms with Gasteiger partial charge >= 0.3 is 5.97 Å². The van der Waals surface area contributed by atoms with Crippen molar-refractivity contribution < 1.29 is 118 Å². The normalized spacial score (nSPS) is 35.2. The van der Waals surface area contributed by atoms with Gasteiger partial charge in [0.25, 0.3) is 0 Å². The largest absolute Gasteiger partial charge is 0.463 e. The van der Waals surface area contributed by atoms with E-state index in [-0.39, 0.29) is 11.3 Å². The van der Waals surface area contributed by atoms with Crippen molar-refractivity contribution in [1.29, 1.82) is 0 Å². The zero-order valence-electron chi connectivity index (χ0n) is 48.5. The molecule has 32 heteroatoms. The van der Waals surface area contributed by atoms with Crippen LogP contribution in [0.15, 0.2) is 59.6 Å². The maximum absolute atomic E-state index is 15.1. The summed E-state index contributed by atoms with van der Waals surface area (Å²) in [6.07, 6.45) is -27.0. The molecule has 0 aliphatic carbocycles. The Labute approximate surface area is 504 Å². The molecular weight excluding hydrogens is 1170 g/mol. The smallest absolute Gasteiger partial charge is 0.309 e. The Hall–Kier alpha value is -6.31. The van der Waals surface area contributed by atoms with Crippen LogP contribution >= 0.6 is 0 Å². The van der Waals surface area contributed by atoms with Crippen molar-refractivity contribution >= 4 is 41.5 Å². The number of aliphatic hydroxyl groups is 12. The van der Waals surface area contributed by atoms with E-state index in [0.717, 1.165) is 4.90 Å². The van der Waals surface area contributed by atoms with Crippen molar-refractivity contribution in [2.75, 3.05) is 39.5 Å². The Bertz CT molecular complexity index is 2680. The van der Waals surface area contributed by atoms with Gasteiger partial charge in [0.05, 0.1) is 44.9 Å². The number of aliphatic imine (C=N–C) groups is 1. The summed E-state index contributed by atoms with van der Waals surface area (Å²) in [5.74, 6) is -8.03. The van der Waals surface area contributed by atoms with Gasteiger partial charge in [0.1, 0.15) is 116 Å². The number of carbonyl (C=O) groups excluding carboxylic acids is 6. The molecule has 4 fully saturated rings. The number of ether oxygens (including phenoxy) is 6. The van der Waals surface area contributed by atoms with Gasteiger partial charge in [-0.05, 0) is 36.1 Å². The lowest BCUT2D eigenvalue weighted by molar-refractivity contribution is -0.352. The van der Waals surface area contributed by atoms with E-state index < -0.39 is 228 Å². The number of rotatable bonds is 21. The van der Waals surface area contributed by atoms with Crippen LogP contribution in [0.3, 0.4) is 0 Å². The van der Waals surface area contributed by atoms with E-state index in [1.165, 1.54) is 24.3 Å². The predicted molar refractivity (Wildman–Crippen MR) is 299 cm³/mol. The number of hydrogen-bond donors (Lipinski definition) is 18. The van der Waals surface area contributed by atoms with Crippen LogP contribution in [0.25, 0.3) is 0 Å². The first-order chi connectivity index (χ1) is 42.0. The number of nitrogens with one attached hydrogen (secondary N) is 5. The van der Waals surface area contributed by atoms with Gasteiger partial charge in [-0.1, -0.05) is 76.1 Å². The standard InChI is InChI=1S/C56H82N8O24/c1-4-9-27(10-5-2)53(82)83-23-30-48(78)58-19-35(68)62-36(24(3)26-11-7-6-8-12-26)50(80)60-29(49(79)63-37(51(81)61-30)38(69)31-18-59-56(57)64(31)52-44(75)41(72)39(70)32(20-65)85-52)17-25-13-15-28(16-14-25)84-54-46(77)43(74)47(34(22-67)87-54)88-55-45(76)42(73)40(71)33(21-66)86-55/h6-8,11-16,24,27,29-34,36-47,52,54-55,65-67,69-77H,4-5,9-10,17-23H2,1-3H3,(H2,57,59)(H,58,78)(H,60,80)(H,61,81)(H,62,68)(H,63,79)/t24?,29-,30+,31?,32-,33-,34-,36+,37-,38?,39-,40-,41+,42+,43-,44+,45+,46+,47-,52+,54+,55-/m1/s1. The van der Waals surface area contributed by atoms with Gasteiger partial charge in [0.2, 0.25) is 35.8 Å². The third-order valence-corrected chi connectivity index (χ3v) is 16.2. The SMILES string of the molecule is CCCC(CCC)C(=O)OC[C@@H]1NC(=O)[C@@H](C(O)C2CN=C(N)N2[C@H]2O[C@H](CO)[C@@H](O)[C@H](O)[C@@H]2O)NC(=O)[C@@H](Cc2ccc(O[C@H]3O[C@H](CO)[C@@H](O[C@H]4O[C@H](CO)[C@@H](O)[C@H](O)[C@@H]4O)[C@H](O)[C@@H]3O)cc2)NC(=O)[C@H](C(C)c2ccccc2)NC(=O)CNC1=O. The molecule has 2 aromatic rings. The number of aliphatic hydroxyl groups excluding tert-OH is 12. The Balaban J connectivity index is 1.21. The molecule has 3 unspecified atom stereocenters. The van der Waals surface area contributed by atoms with Gasteiger partial charge in [0, 0.05) is 12.3 Å². The number of amides is 5. The first-order valence-electron chi connectivity index (χ1n) is 29.1. The molecule has 32 nitrogen and oxygen atoms in total. The summed E-state index contributed by atoms with van der Waals surface area (Å²) in [5, 5.41) is 141. The molecule has 19 N–H and O–H groups in total. The average Bonchev–Trinajstić information content (AvgIpc) is 2.41. The quantitative estimate of drug-likeness (QED) is 0.0516. The maximum atomic E-state index is 15.1. The van der Waals surface area contributed by atoms with Gasteiger partial charge in [-0.15, -0.1) is 0 Å². The highest BCUT2D eigenvalue weighted by Crippen LogP contribution is 2.32. The summed E-state index contributed by atoms with van der Waals surface area (Å²) in [6.45, 7) is 0.691. The lowest BCUT2D eigenvalue weighted by atomic mass is 9.92. The maximum Gasteiger partial charge on any atom is 0.309 e. The fourth-order valence-corrected chi connectivity index (χ4v) is 11.1. The fourth-order valence-electron chi connectivity index (χ4n) is 11.1. The van der Waals surface area contributed by atoms with Crippen molar-refractivity contribution in [3.8, 4) is 5.75 Å². The summed E-state index contributed by atoms with van der Waals surface area (Å²) < 4.78 is 34.0. The van der Waals surface area contributed by atoms with E-state index in [9.17, 15) is 85.3 Å². The second kappa shape index (κ2) is 31.4. The van der Waals surface area contributed by atoms with Crippen LogP contribution in [0.4, 0.5) is 0 Å². The van der Waals surface area contributed by atoms with Crippen LogP contribution in [0.5, 0.6) is 5.75 Å². The number of hydrogen-bond acceptors (Lipinski definition) is 27. The number of benzene rings is 2. The van der Waals surface area contributed by atoms with Crippen molar-refractivity contribution in [3.63, 3.8) is 0 Å². The number of guanidine groups is 1. The monoisotopic (exact) mass is 1250 g/mol. The third kappa shape index (κ3) is 16.2. The number of esters is 1. The topological polar surface area (TPSA) is 502 Å². The molecule has 22 atom stereocenters. The van der Waals surface area contributed by atoms with E-state index in [0.29, 0.717) is 31.2 Å². The summed E-state index contributed by atoms with van der Waals surface area (Å²) >= 11 is 0. The molecule has 0 bridgehead atoms. The second-order valence-corrected chi connectivity index (χ2v) is 22.3. The summed E-state index contributed by atoms with van der Waals surface area (Å²) in [6, 6.07) is 5.11. The number of carbonyl (C=O) groups is 6. The summed E-state index contributed by atoms with van der Waals surface area (Å²) in [4.78, 5) is 91.4. The highest BCUT2D eigenvalue weighted by atomic mass is 16.7. The lowest BCUT2D eigenvalue weighted by Gasteiger charge is -2.46. The number of nitrogens with two attached hydrogens (primary N) is 1. The fraction of sp³-hybridized carbons (Fsp3) is 0.661. The second-order valence-electron chi connectivity index (χ2n) is 22.3. The predicted octanol–water partition coefficient (Wildman–Crippen LogP) is -7.98. The molecule has 0 radical (unpaired) electrons. The van der Waals surface area contributed by atoms with Crippen molar-refractivity contribution in [2.24, 2.45) is 16.6 Å². The molecule has 5 heterocycles. The van der Waals surface area contributed by atoms with Crippen LogP contribution in [0.1, 0.15) is 63.5 Å². The zero-order chi connectivity index (χ0) is 64.3. The Morgan fingerprint density at radius 3 is 1.88 bits per heavy atom. The Morgan fingerprint density at radius 2 is 1.25 bits per heavy atom. The Morgan fingerprint density at radius 1 is 0.670 bits per heavy atom. The minimum Gasteiger partial charge on any atom is -0.463 e. The van der Waals surface area contributed by atoms with Gasteiger partial charge in [-0.3, -0.25) is 33.8 Å². The van der Waals surface area contributed by atoms with Crippen LogP contribution in [-0.2, 0) is 58.9 Å². The molecule has 0 spiro atoms.